The highest BCUT2D eigenvalue weighted by Crippen LogP contribution is 2.32. The van der Waals surface area contributed by atoms with Crippen LogP contribution in [-0.4, -0.2) is 16.6 Å². The first-order valence-corrected chi connectivity index (χ1v) is 5.25. The monoisotopic (exact) mass is 186 g/mol. The highest BCUT2D eigenvalue weighted by molar-refractivity contribution is 7.79. The highest BCUT2D eigenvalue weighted by Gasteiger charge is 2.29. The Hall–Kier alpha value is 0.0500. The van der Waals surface area contributed by atoms with Crippen LogP contribution in [0.5, 0.6) is 0 Å². The predicted octanol–water partition coefficient (Wildman–Crippen LogP) is 2.42. The van der Waals surface area contributed by atoms with E-state index in [2.05, 4.69) is 13.8 Å². The fourth-order valence-corrected chi connectivity index (χ4v) is 2.29. The summed E-state index contributed by atoms with van der Waals surface area (Å²) in [5, 5.41) is 11.6. The molecule has 0 aliphatic heterocycles. The second-order valence-electron chi connectivity index (χ2n) is 4.14. The maximum absolute atomic E-state index is 9.77. The zero-order valence-electron chi connectivity index (χ0n) is 7.86. The van der Waals surface area contributed by atoms with Crippen LogP contribution in [0.4, 0.5) is 0 Å². The van der Waals surface area contributed by atoms with Crippen molar-refractivity contribution in [3.63, 3.8) is 0 Å². The molecule has 0 aromatic carbocycles. The predicted molar refractivity (Wildman–Crippen MR) is 55.3 cm³/mol. The van der Waals surface area contributed by atoms with Crippen LogP contribution in [0.25, 0.3) is 0 Å². The van der Waals surface area contributed by atoms with Gasteiger partial charge in [-0.2, -0.15) is 0 Å². The molecule has 0 saturated heterocycles. The lowest BCUT2D eigenvalue weighted by atomic mass is 9.75. The van der Waals surface area contributed by atoms with E-state index in [0.717, 1.165) is 12.8 Å². The molecule has 1 rings (SSSR count). The molecule has 0 amide bonds. The van der Waals surface area contributed by atoms with Crippen molar-refractivity contribution < 1.29 is 5.11 Å². The average molecular weight is 186 g/mol. The Morgan fingerprint density at radius 1 is 1.50 bits per heavy atom. The number of aliphatic hydroxyl groups is 1. The van der Waals surface area contributed by atoms with Gasteiger partial charge >= 0.3 is 0 Å². The van der Waals surface area contributed by atoms with E-state index in [1.54, 1.807) is 5.37 Å². The molecule has 1 fully saturated rings. The molecule has 0 spiro atoms. The summed E-state index contributed by atoms with van der Waals surface area (Å²) in [5.74, 6) is 1.50. The minimum absolute atomic E-state index is 0.122. The third kappa shape index (κ3) is 2.27. The van der Waals surface area contributed by atoms with Gasteiger partial charge in [-0.05, 0) is 36.0 Å². The van der Waals surface area contributed by atoms with Crippen molar-refractivity contribution in [2.24, 2.45) is 17.8 Å². The van der Waals surface area contributed by atoms with Crippen LogP contribution in [0, 0.1) is 17.8 Å². The molecule has 0 bridgehead atoms. The van der Waals surface area contributed by atoms with E-state index in [4.69, 9.17) is 12.2 Å². The van der Waals surface area contributed by atoms with E-state index < -0.39 is 0 Å². The number of rotatable bonds is 2. The molecule has 1 aliphatic carbocycles. The fourth-order valence-electron chi connectivity index (χ4n) is 2.09. The Kier molecular flexibility index (Phi) is 3.66. The molecule has 1 saturated carbocycles. The summed E-state index contributed by atoms with van der Waals surface area (Å²) < 4.78 is 0. The first-order chi connectivity index (χ1) is 5.65. The van der Waals surface area contributed by atoms with Crippen molar-refractivity contribution >= 4 is 17.6 Å². The molecule has 0 aromatic heterocycles. The van der Waals surface area contributed by atoms with E-state index in [0.29, 0.717) is 17.8 Å². The normalized spacial score (nSPS) is 39.1. The minimum Gasteiger partial charge on any atom is -0.393 e. The molecule has 1 aliphatic rings. The van der Waals surface area contributed by atoms with E-state index in [-0.39, 0.29) is 6.10 Å². The van der Waals surface area contributed by atoms with Crippen LogP contribution in [0.3, 0.4) is 0 Å². The molecule has 0 aromatic rings. The van der Waals surface area contributed by atoms with E-state index in [9.17, 15) is 5.11 Å². The van der Waals surface area contributed by atoms with Crippen LogP contribution < -0.4 is 0 Å². The number of aliphatic hydroxyl groups excluding tert-OH is 1. The van der Waals surface area contributed by atoms with Gasteiger partial charge in [-0.25, -0.2) is 0 Å². The molecule has 70 valence electrons. The van der Waals surface area contributed by atoms with Gasteiger partial charge < -0.3 is 5.11 Å². The Morgan fingerprint density at radius 3 is 2.67 bits per heavy atom. The second kappa shape index (κ2) is 4.33. The number of thiocarbonyl (C=S) groups is 1. The zero-order chi connectivity index (χ0) is 9.14. The van der Waals surface area contributed by atoms with Gasteiger partial charge in [0.1, 0.15) is 0 Å². The van der Waals surface area contributed by atoms with Crippen molar-refractivity contribution in [2.45, 2.75) is 39.2 Å². The molecule has 4 atom stereocenters. The van der Waals surface area contributed by atoms with Gasteiger partial charge in [0.25, 0.3) is 0 Å². The van der Waals surface area contributed by atoms with Gasteiger partial charge in [-0.1, -0.05) is 32.5 Å². The second-order valence-corrected chi connectivity index (χ2v) is 4.42. The summed E-state index contributed by atoms with van der Waals surface area (Å²) in [5.41, 5.74) is 0. The largest absolute Gasteiger partial charge is 0.393 e. The first-order valence-electron chi connectivity index (χ1n) is 4.78. The third-order valence-electron chi connectivity index (χ3n) is 3.02. The number of hydrogen-bond donors (Lipinski definition) is 1. The van der Waals surface area contributed by atoms with E-state index >= 15 is 0 Å². The van der Waals surface area contributed by atoms with Crippen LogP contribution in [0.15, 0.2) is 0 Å². The molecule has 0 radical (unpaired) electrons. The van der Waals surface area contributed by atoms with Crippen LogP contribution in [0.2, 0.25) is 0 Å². The molecule has 2 heteroatoms. The topological polar surface area (TPSA) is 20.2 Å². The van der Waals surface area contributed by atoms with Crippen molar-refractivity contribution in [1.82, 2.24) is 0 Å². The maximum atomic E-state index is 9.77. The summed E-state index contributed by atoms with van der Waals surface area (Å²) in [4.78, 5) is 0. The smallest absolute Gasteiger partial charge is 0.0576 e. The summed E-state index contributed by atoms with van der Waals surface area (Å²) in [7, 11) is 0. The zero-order valence-corrected chi connectivity index (χ0v) is 8.68. The minimum atomic E-state index is -0.122. The van der Waals surface area contributed by atoms with Gasteiger partial charge in [0, 0.05) is 0 Å². The average Bonchev–Trinajstić information content (AvgIpc) is 2.03. The van der Waals surface area contributed by atoms with Crippen molar-refractivity contribution in [1.29, 1.82) is 0 Å². The highest BCUT2D eigenvalue weighted by atomic mass is 32.1. The van der Waals surface area contributed by atoms with Crippen molar-refractivity contribution in [3.8, 4) is 0 Å². The lowest BCUT2D eigenvalue weighted by Gasteiger charge is -2.33. The molecule has 12 heavy (non-hydrogen) atoms. The van der Waals surface area contributed by atoms with Gasteiger partial charge in [0.2, 0.25) is 0 Å². The van der Waals surface area contributed by atoms with Gasteiger partial charge in [0.15, 0.2) is 0 Å². The van der Waals surface area contributed by atoms with Crippen LogP contribution in [-0.2, 0) is 0 Å². The number of hydrogen-bond acceptors (Lipinski definition) is 2. The third-order valence-corrected chi connectivity index (χ3v) is 3.45. The summed E-state index contributed by atoms with van der Waals surface area (Å²) >= 11 is 4.90. The first kappa shape index (κ1) is 10.1. The molecule has 1 nitrogen and oxygen atoms in total. The van der Waals surface area contributed by atoms with Gasteiger partial charge in [0.05, 0.1) is 6.10 Å². The maximum Gasteiger partial charge on any atom is 0.0576 e. The Morgan fingerprint density at radius 2 is 2.17 bits per heavy atom. The van der Waals surface area contributed by atoms with Crippen LogP contribution >= 0.6 is 12.2 Å². The lowest BCUT2D eigenvalue weighted by molar-refractivity contribution is 0.0368. The van der Waals surface area contributed by atoms with E-state index in [1.165, 1.54) is 6.42 Å². The quantitative estimate of drug-likeness (QED) is 0.668. The molecule has 0 heterocycles. The SMILES string of the molecule is CC1CCC(C(C)C=S)C(O)C1. The molecule has 1 N–H and O–H groups in total. The fraction of sp³-hybridized carbons (Fsp3) is 0.900. The van der Waals surface area contributed by atoms with Gasteiger partial charge in [-0.15, -0.1) is 0 Å². The molecular formula is C10H18OS. The van der Waals surface area contributed by atoms with Crippen molar-refractivity contribution in [2.75, 3.05) is 0 Å². The standard InChI is InChI=1S/C10H18OS/c1-7-3-4-9(8(2)6-12)10(11)5-7/h6-11H,3-5H2,1-2H3. The Balaban J connectivity index is 2.49. The molecular weight excluding hydrogens is 168 g/mol. The summed E-state index contributed by atoms with van der Waals surface area (Å²) in [6.45, 7) is 4.32. The van der Waals surface area contributed by atoms with E-state index in [1.807, 2.05) is 0 Å². The lowest BCUT2D eigenvalue weighted by Crippen LogP contribution is -2.33. The summed E-state index contributed by atoms with van der Waals surface area (Å²) in [6.07, 6.45) is 3.22. The van der Waals surface area contributed by atoms with Crippen LogP contribution in [0.1, 0.15) is 33.1 Å². The Bertz CT molecular complexity index is 158. The summed E-state index contributed by atoms with van der Waals surface area (Å²) in [6, 6.07) is 0. The van der Waals surface area contributed by atoms with Gasteiger partial charge in [-0.3, -0.25) is 0 Å². The van der Waals surface area contributed by atoms with Crippen molar-refractivity contribution in [3.05, 3.63) is 0 Å². The molecule has 4 unspecified atom stereocenters. The Labute approximate surface area is 80.2 Å².